The lowest BCUT2D eigenvalue weighted by molar-refractivity contribution is -0.121. The maximum absolute atomic E-state index is 11.7. The molecule has 1 heterocycles. The fraction of sp³-hybridized carbons (Fsp3) is 0.267. The van der Waals surface area contributed by atoms with Crippen molar-refractivity contribution in [1.29, 1.82) is 0 Å². The number of nitrogen functional groups attached to an aromatic ring is 1. The number of hydrogen-bond acceptors (Lipinski definition) is 3. The molecule has 0 saturated heterocycles. The van der Waals surface area contributed by atoms with Crippen molar-refractivity contribution in [3.05, 3.63) is 50.6 Å². The average Bonchev–Trinajstić information content (AvgIpc) is 2.85. The number of halogens is 1. The van der Waals surface area contributed by atoms with Crippen LogP contribution < -0.4 is 11.1 Å². The van der Waals surface area contributed by atoms with Gasteiger partial charge in [-0.05, 0) is 52.5 Å². The Labute approximate surface area is 131 Å². The molecule has 0 spiro atoms. The standard InChI is InChI=1S/C15H17BrN2OS/c16-12-9-14(20-10-12)5-6-15(19)18-8-7-11-1-3-13(17)4-2-11/h1-4,9-10H,5-8,17H2,(H,18,19). The van der Waals surface area contributed by atoms with Gasteiger partial charge in [0.15, 0.2) is 0 Å². The third kappa shape index (κ3) is 4.98. The first-order valence-corrected chi connectivity index (χ1v) is 8.15. The van der Waals surface area contributed by atoms with Crippen molar-refractivity contribution in [3.8, 4) is 0 Å². The highest BCUT2D eigenvalue weighted by molar-refractivity contribution is 9.10. The normalized spacial score (nSPS) is 10.4. The highest BCUT2D eigenvalue weighted by Crippen LogP contribution is 2.20. The molecular weight excluding hydrogens is 336 g/mol. The Morgan fingerprint density at radius 2 is 2.00 bits per heavy atom. The lowest BCUT2D eigenvalue weighted by Gasteiger charge is -2.05. The minimum absolute atomic E-state index is 0.102. The Bertz CT molecular complexity index is 566. The molecule has 106 valence electrons. The summed E-state index contributed by atoms with van der Waals surface area (Å²) in [5, 5.41) is 4.98. The maximum Gasteiger partial charge on any atom is 0.220 e. The van der Waals surface area contributed by atoms with Gasteiger partial charge in [0.25, 0.3) is 0 Å². The number of carbonyl (C=O) groups is 1. The minimum Gasteiger partial charge on any atom is -0.399 e. The van der Waals surface area contributed by atoms with Gasteiger partial charge in [0.05, 0.1) is 0 Å². The van der Waals surface area contributed by atoms with E-state index in [9.17, 15) is 4.79 Å². The van der Waals surface area contributed by atoms with Crippen LogP contribution in [0.2, 0.25) is 0 Å². The Morgan fingerprint density at radius 3 is 2.65 bits per heavy atom. The van der Waals surface area contributed by atoms with E-state index in [1.54, 1.807) is 11.3 Å². The molecule has 1 aromatic heterocycles. The number of amides is 1. The summed E-state index contributed by atoms with van der Waals surface area (Å²) in [7, 11) is 0. The molecule has 0 bridgehead atoms. The van der Waals surface area contributed by atoms with Crippen LogP contribution in [-0.2, 0) is 17.6 Å². The molecule has 0 radical (unpaired) electrons. The molecule has 5 heteroatoms. The van der Waals surface area contributed by atoms with Crippen LogP contribution in [-0.4, -0.2) is 12.5 Å². The van der Waals surface area contributed by atoms with Gasteiger partial charge in [-0.25, -0.2) is 0 Å². The quantitative estimate of drug-likeness (QED) is 0.783. The van der Waals surface area contributed by atoms with Gasteiger partial charge in [0.1, 0.15) is 0 Å². The number of nitrogens with two attached hydrogens (primary N) is 1. The van der Waals surface area contributed by atoms with Crippen LogP contribution in [0, 0.1) is 0 Å². The zero-order valence-electron chi connectivity index (χ0n) is 11.1. The van der Waals surface area contributed by atoms with E-state index >= 15 is 0 Å². The maximum atomic E-state index is 11.7. The van der Waals surface area contributed by atoms with E-state index in [4.69, 9.17) is 5.73 Å². The lowest BCUT2D eigenvalue weighted by atomic mass is 10.1. The van der Waals surface area contributed by atoms with Gasteiger partial charge in [-0.15, -0.1) is 11.3 Å². The molecule has 0 aliphatic rings. The van der Waals surface area contributed by atoms with Gasteiger partial charge in [0.2, 0.25) is 5.91 Å². The predicted molar refractivity (Wildman–Crippen MR) is 87.9 cm³/mol. The molecule has 0 aliphatic heterocycles. The first-order chi connectivity index (χ1) is 9.63. The molecule has 2 rings (SSSR count). The van der Waals surface area contributed by atoms with Crippen molar-refractivity contribution in [3.63, 3.8) is 0 Å². The van der Waals surface area contributed by atoms with Gasteiger partial charge >= 0.3 is 0 Å². The summed E-state index contributed by atoms with van der Waals surface area (Å²) in [6, 6.07) is 9.80. The predicted octanol–water partition coefficient (Wildman–Crippen LogP) is 3.38. The highest BCUT2D eigenvalue weighted by atomic mass is 79.9. The molecule has 0 saturated carbocycles. The Hall–Kier alpha value is -1.33. The van der Waals surface area contributed by atoms with Crippen LogP contribution >= 0.6 is 27.3 Å². The van der Waals surface area contributed by atoms with E-state index < -0.39 is 0 Å². The van der Waals surface area contributed by atoms with Gasteiger partial charge in [-0.1, -0.05) is 12.1 Å². The Morgan fingerprint density at radius 1 is 1.25 bits per heavy atom. The van der Waals surface area contributed by atoms with Crippen LogP contribution in [0.25, 0.3) is 0 Å². The molecule has 0 atom stereocenters. The summed E-state index contributed by atoms with van der Waals surface area (Å²) >= 11 is 5.09. The number of hydrogen-bond donors (Lipinski definition) is 2. The van der Waals surface area contributed by atoms with E-state index in [0.717, 1.165) is 23.0 Å². The van der Waals surface area contributed by atoms with E-state index in [0.29, 0.717) is 13.0 Å². The Balaban J connectivity index is 1.66. The minimum atomic E-state index is 0.102. The van der Waals surface area contributed by atoms with E-state index in [1.807, 2.05) is 29.6 Å². The van der Waals surface area contributed by atoms with Gasteiger partial charge in [-0.2, -0.15) is 0 Å². The van der Waals surface area contributed by atoms with E-state index in [-0.39, 0.29) is 5.91 Å². The molecule has 0 unspecified atom stereocenters. The summed E-state index contributed by atoms with van der Waals surface area (Å²) < 4.78 is 1.08. The Kier molecular flexibility index (Phi) is 5.61. The van der Waals surface area contributed by atoms with E-state index in [2.05, 4.69) is 27.3 Å². The van der Waals surface area contributed by atoms with Crippen LogP contribution in [0.4, 0.5) is 5.69 Å². The smallest absolute Gasteiger partial charge is 0.220 e. The zero-order chi connectivity index (χ0) is 14.4. The lowest BCUT2D eigenvalue weighted by Crippen LogP contribution is -2.25. The second-order valence-electron chi connectivity index (χ2n) is 4.57. The van der Waals surface area contributed by atoms with Crippen LogP contribution in [0.1, 0.15) is 16.9 Å². The van der Waals surface area contributed by atoms with Crippen LogP contribution in [0.15, 0.2) is 40.2 Å². The number of nitrogens with one attached hydrogen (secondary N) is 1. The van der Waals surface area contributed by atoms with Gasteiger partial charge in [-0.3, -0.25) is 4.79 Å². The highest BCUT2D eigenvalue weighted by Gasteiger charge is 2.04. The van der Waals surface area contributed by atoms with Crippen molar-refractivity contribution in [2.24, 2.45) is 0 Å². The summed E-state index contributed by atoms with van der Waals surface area (Å²) in [4.78, 5) is 13.0. The number of thiophene rings is 1. The third-order valence-corrected chi connectivity index (χ3v) is 4.69. The van der Waals surface area contributed by atoms with Crippen molar-refractivity contribution < 1.29 is 4.79 Å². The van der Waals surface area contributed by atoms with Crippen molar-refractivity contribution in [1.82, 2.24) is 5.32 Å². The fourth-order valence-electron chi connectivity index (χ4n) is 1.84. The molecule has 3 N–H and O–H groups in total. The summed E-state index contributed by atoms with van der Waals surface area (Å²) in [5.74, 6) is 0.102. The average molecular weight is 353 g/mol. The first kappa shape index (κ1) is 15.1. The molecular formula is C15H17BrN2OS. The van der Waals surface area contributed by atoms with Crippen molar-refractivity contribution >= 4 is 38.9 Å². The van der Waals surface area contributed by atoms with Crippen molar-refractivity contribution in [2.75, 3.05) is 12.3 Å². The van der Waals surface area contributed by atoms with E-state index in [1.165, 1.54) is 10.4 Å². The number of rotatable bonds is 6. The zero-order valence-corrected chi connectivity index (χ0v) is 13.5. The van der Waals surface area contributed by atoms with Crippen LogP contribution in [0.3, 0.4) is 0 Å². The summed E-state index contributed by atoms with van der Waals surface area (Å²) in [5.41, 5.74) is 7.57. The number of aryl methyl sites for hydroxylation is 1. The largest absolute Gasteiger partial charge is 0.399 e. The number of anilines is 1. The topological polar surface area (TPSA) is 55.1 Å². The molecule has 1 amide bonds. The SMILES string of the molecule is Nc1ccc(CCNC(=O)CCc2cc(Br)cs2)cc1. The summed E-state index contributed by atoms with van der Waals surface area (Å²) in [6.07, 6.45) is 2.16. The van der Waals surface area contributed by atoms with Crippen molar-refractivity contribution in [2.45, 2.75) is 19.3 Å². The molecule has 3 nitrogen and oxygen atoms in total. The second kappa shape index (κ2) is 7.45. The van der Waals surface area contributed by atoms with Gasteiger partial charge in [0, 0.05) is 33.4 Å². The van der Waals surface area contributed by atoms with Gasteiger partial charge < -0.3 is 11.1 Å². The molecule has 20 heavy (non-hydrogen) atoms. The molecule has 2 aromatic rings. The molecule has 0 aliphatic carbocycles. The molecule has 0 fully saturated rings. The number of benzene rings is 1. The third-order valence-electron chi connectivity index (χ3n) is 2.94. The number of carbonyl (C=O) groups excluding carboxylic acids is 1. The van der Waals surface area contributed by atoms with Crippen LogP contribution in [0.5, 0.6) is 0 Å². The summed E-state index contributed by atoms with van der Waals surface area (Å²) in [6.45, 7) is 0.664. The second-order valence-corrected chi connectivity index (χ2v) is 6.48. The molecule has 1 aromatic carbocycles. The first-order valence-electron chi connectivity index (χ1n) is 6.47. The fourth-order valence-corrected chi connectivity index (χ4v) is 3.30. The monoisotopic (exact) mass is 352 g/mol.